The highest BCUT2D eigenvalue weighted by Gasteiger charge is 2.79. The molecule has 1 aromatic rings. The number of rotatable bonds is 0. The van der Waals surface area contributed by atoms with Crippen LogP contribution in [0.4, 0.5) is 0 Å². The lowest BCUT2D eigenvalue weighted by atomic mass is 9.30. The topological polar surface area (TPSA) is 33.0 Å². The highest BCUT2D eigenvalue weighted by Crippen LogP contribution is 2.75. The highest BCUT2D eigenvalue weighted by molar-refractivity contribution is 5.68. The summed E-state index contributed by atoms with van der Waals surface area (Å²) in [6.45, 7) is 5.91. The molecular formula is C17H17NO. The summed E-state index contributed by atoms with van der Waals surface area (Å²) >= 11 is 0. The van der Waals surface area contributed by atoms with Gasteiger partial charge in [-0.1, -0.05) is 50.3 Å². The van der Waals surface area contributed by atoms with Gasteiger partial charge >= 0.3 is 0 Å². The zero-order valence-corrected chi connectivity index (χ0v) is 11.3. The lowest BCUT2D eigenvalue weighted by Gasteiger charge is -2.68. The second-order valence-corrected chi connectivity index (χ2v) is 6.61. The van der Waals surface area contributed by atoms with E-state index in [0.29, 0.717) is 12.5 Å². The van der Waals surface area contributed by atoms with Crippen LogP contribution in [0, 0.1) is 28.1 Å². The molecule has 96 valence electrons. The maximum atomic E-state index is 10.1. The fourth-order valence-electron chi connectivity index (χ4n) is 5.02. The molecule has 0 aromatic heterocycles. The molecule has 1 heterocycles. The molecule has 1 aliphatic heterocycles. The first-order chi connectivity index (χ1) is 9.10. The number of fused-ring (bicyclic) bond motifs is 2. The molecule has 0 N–H and O–H groups in total. The Morgan fingerprint density at radius 1 is 1.32 bits per heavy atom. The van der Waals surface area contributed by atoms with Gasteiger partial charge in [-0.3, -0.25) is 0 Å². The monoisotopic (exact) mass is 251 g/mol. The lowest BCUT2D eigenvalue weighted by molar-refractivity contribution is -0.118. The zero-order valence-electron chi connectivity index (χ0n) is 11.3. The molecule has 19 heavy (non-hydrogen) atoms. The summed E-state index contributed by atoms with van der Waals surface area (Å²) < 4.78 is 5.77. The van der Waals surface area contributed by atoms with Crippen molar-refractivity contribution >= 4 is 6.08 Å². The molecule has 3 aliphatic rings. The van der Waals surface area contributed by atoms with Crippen molar-refractivity contribution in [3.63, 3.8) is 0 Å². The Balaban J connectivity index is 2.06. The van der Waals surface area contributed by atoms with Crippen LogP contribution in [-0.4, -0.2) is 13.2 Å². The van der Waals surface area contributed by atoms with Crippen LogP contribution in [-0.2, 0) is 10.2 Å². The molecule has 0 amide bonds. The average molecular weight is 251 g/mol. The van der Waals surface area contributed by atoms with E-state index in [9.17, 15) is 5.26 Å². The average Bonchev–Trinajstić information content (AvgIpc) is 2.81. The SMILES string of the molecule is CC1(C)C2COCC23C=Cc2ccccc2C13C#N. The molecule has 3 unspecified atom stereocenters. The van der Waals surface area contributed by atoms with E-state index in [1.54, 1.807) is 0 Å². The van der Waals surface area contributed by atoms with Gasteiger partial charge in [0.05, 0.1) is 24.7 Å². The van der Waals surface area contributed by atoms with Crippen molar-refractivity contribution in [3.8, 4) is 6.07 Å². The summed E-state index contributed by atoms with van der Waals surface area (Å²) in [5.74, 6) is 0.448. The Hall–Kier alpha value is -1.59. The van der Waals surface area contributed by atoms with Gasteiger partial charge in [0.25, 0.3) is 0 Å². The molecule has 2 nitrogen and oxygen atoms in total. The predicted molar refractivity (Wildman–Crippen MR) is 73.3 cm³/mol. The number of nitriles is 1. The van der Waals surface area contributed by atoms with Gasteiger partial charge in [-0.15, -0.1) is 0 Å². The number of ether oxygens (including phenoxy) is 1. The number of hydrogen-bond donors (Lipinski definition) is 0. The maximum Gasteiger partial charge on any atom is 0.0998 e. The van der Waals surface area contributed by atoms with E-state index in [0.717, 1.165) is 6.61 Å². The van der Waals surface area contributed by atoms with Crippen LogP contribution in [0.1, 0.15) is 25.0 Å². The van der Waals surface area contributed by atoms with Crippen molar-refractivity contribution in [2.24, 2.45) is 16.7 Å². The summed E-state index contributed by atoms with van der Waals surface area (Å²) in [4.78, 5) is 0. The first-order valence-electron chi connectivity index (χ1n) is 6.88. The van der Waals surface area contributed by atoms with E-state index >= 15 is 0 Å². The van der Waals surface area contributed by atoms with Gasteiger partial charge in [-0.05, 0) is 16.5 Å². The van der Waals surface area contributed by atoms with Gasteiger partial charge in [0, 0.05) is 11.3 Å². The maximum absolute atomic E-state index is 10.1. The van der Waals surface area contributed by atoms with Gasteiger partial charge in [0.1, 0.15) is 0 Å². The van der Waals surface area contributed by atoms with Crippen LogP contribution in [0.25, 0.3) is 6.08 Å². The quantitative estimate of drug-likeness (QED) is 0.709. The van der Waals surface area contributed by atoms with Crippen LogP contribution >= 0.6 is 0 Å². The zero-order chi connectivity index (χ0) is 13.3. The van der Waals surface area contributed by atoms with Gasteiger partial charge in [0.15, 0.2) is 0 Å². The van der Waals surface area contributed by atoms with E-state index in [2.05, 4.69) is 44.2 Å². The summed E-state index contributed by atoms with van der Waals surface area (Å²) in [6.07, 6.45) is 4.43. The van der Waals surface area contributed by atoms with Crippen LogP contribution in [0.15, 0.2) is 30.3 Å². The molecule has 1 spiro atoms. The van der Waals surface area contributed by atoms with E-state index in [1.165, 1.54) is 11.1 Å². The molecule has 2 heteroatoms. The minimum atomic E-state index is -0.438. The molecular weight excluding hydrogens is 234 g/mol. The van der Waals surface area contributed by atoms with Crippen LogP contribution in [0.5, 0.6) is 0 Å². The molecule has 1 saturated carbocycles. The van der Waals surface area contributed by atoms with E-state index in [1.807, 2.05) is 12.1 Å². The van der Waals surface area contributed by atoms with Crippen molar-refractivity contribution in [2.45, 2.75) is 19.3 Å². The molecule has 0 bridgehead atoms. The molecule has 1 saturated heterocycles. The minimum Gasteiger partial charge on any atom is -0.380 e. The predicted octanol–water partition coefficient (Wildman–Crippen LogP) is 3.15. The van der Waals surface area contributed by atoms with Crippen molar-refractivity contribution in [2.75, 3.05) is 13.2 Å². The van der Waals surface area contributed by atoms with Crippen LogP contribution in [0.2, 0.25) is 0 Å². The van der Waals surface area contributed by atoms with E-state index in [4.69, 9.17) is 4.74 Å². The minimum absolute atomic E-state index is 0.0425. The normalized spacial score (nSPS) is 40.6. The van der Waals surface area contributed by atoms with Gasteiger partial charge in [-0.25, -0.2) is 0 Å². The fourth-order valence-corrected chi connectivity index (χ4v) is 5.02. The van der Waals surface area contributed by atoms with Crippen molar-refractivity contribution in [1.82, 2.24) is 0 Å². The van der Waals surface area contributed by atoms with E-state index in [-0.39, 0.29) is 10.8 Å². The first-order valence-corrected chi connectivity index (χ1v) is 6.88. The molecule has 4 rings (SSSR count). The summed E-state index contributed by atoms with van der Waals surface area (Å²) in [7, 11) is 0. The third-order valence-corrected chi connectivity index (χ3v) is 5.88. The van der Waals surface area contributed by atoms with Crippen LogP contribution in [0.3, 0.4) is 0 Å². The molecule has 0 radical (unpaired) electrons. The molecule has 2 fully saturated rings. The Morgan fingerprint density at radius 2 is 2.11 bits per heavy atom. The van der Waals surface area contributed by atoms with Crippen molar-refractivity contribution < 1.29 is 4.74 Å². The van der Waals surface area contributed by atoms with Crippen LogP contribution < -0.4 is 0 Å². The lowest BCUT2D eigenvalue weighted by Crippen LogP contribution is -2.72. The Labute approximate surface area is 113 Å². The first kappa shape index (κ1) is 11.3. The van der Waals surface area contributed by atoms with Gasteiger partial charge in [-0.2, -0.15) is 5.26 Å². The third kappa shape index (κ3) is 0.904. The fraction of sp³-hybridized carbons (Fsp3) is 0.471. The van der Waals surface area contributed by atoms with Crippen molar-refractivity contribution in [3.05, 3.63) is 41.5 Å². The third-order valence-electron chi connectivity index (χ3n) is 5.88. The second-order valence-electron chi connectivity index (χ2n) is 6.61. The molecule has 3 atom stereocenters. The Kier molecular flexibility index (Phi) is 1.84. The van der Waals surface area contributed by atoms with Crippen molar-refractivity contribution in [1.29, 1.82) is 5.26 Å². The number of hydrogen-bond acceptors (Lipinski definition) is 2. The van der Waals surface area contributed by atoms with Gasteiger partial charge in [0.2, 0.25) is 0 Å². The highest BCUT2D eigenvalue weighted by atomic mass is 16.5. The largest absolute Gasteiger partial charge is 0.380 e. The number of nitrogens with zero attached hydrogens (tertiary/aromatic N) is 1. The summed E-state index contributed by atoms with van der Waals surface area (Å²) in [6, 6.07) is 11.0. The number of benzene rings is 1. The smallest absolute Gasteiger partial charge is 0.0998 e. The second kappa shape index (κ2) is 3.11. The molecule has 1 aromatic carbocycles. The summed E-state index contributed by atoms with van der Waals surface area (Å²) in [5.41, 5.74) is 1.78. The molecule has 2 aliphatic carbocycles. The summed E-state index contributed by atoms with van der Waals surface area (Å²) in [5, 5.41) is 10.1. The van der Waals surface area contributed by atoms with Gasteiger partial charge < -0.3 is 4.74 Å². The Bertz CT molecular complexity index is 639. The van der Waals surface area contributed by atoms with E-state index < -0.39 is 5.41 Å². The Morgan fingerprint density at radius 3 is 2.89 bits per heavy atom. The standard InChI is InChI=1S/C17H17NO/c1-15(2)14-9-19-11-16(14)8-7-12-5-3-4-6-13(12)17(15,16)10-18/h3-8,14H,9,11H2,1-2H3.